The van der Waals surface area contributed by atoms with Crippen molar-refractivity contribution >= 4 is 34.6 Å². The monoisotopic (exact) mass is 362 g/mol. The van der Waals surface area contributed by atoms with Gasteiger partial charge < -0.3 is 5.32 Å². The van der Waals surface area contributed by atoms with Crippen molar-refractivity contribution in [1.82, 2.24) is 20.2 Å². The molecule has 1 aromatic carbocycles. The van der Waals surface area contributed by atoms with Crippen LogP contribution in [-0.2, 0) is 4.79 Å². The van der Waals surface area contributed by atoms with E-state index in [9.17, 15) is 14.4 Å². The topological polar surface area (TPSA) is 93.1 Å². The summed E-state index contributed by atoms with van der Waals surface area (Å²) < 4.78 is 1.57. The number of para-hydroxylation sites is 1. The normalized spacial score (nSPS) is 12.2. The molecule has 25 heavy (non-hydrogen) atoms. The zero-order chi connectivity index (χ0) is 18.6. The largest absolute Gasteiger partial charge is 0.338 e. The van der Waals surface area contributed by atoms with Gasteiger partial charge in [-0.15, -0.1) is 0 Å². The van der Waals surface area contributed by atoms with Crippen LogP contribution in [0.2, 0.25) is 0 Å². The van der Waals surface area contributed by atoms with E-state index in [1.807, 2.05) is 19.9 Å². The molecular formula is C17H22N4O3S. The molecule has 0 fully saturated rings. The zero-order valence-corrected chi connectivity index (χ0v) is 15.5. The molecule has 0 radical (unpaired) electrons. The van der Waals surface area contributed by atoms with E-state index in [2.05, 4.69) is 15.6 Å². The number of thioether (sulfide) groups is 1. The Morgan fingerprint density at radius 2 is 1.92 bits per heavy atom. The molecule has 1 atom stereocenters. The fourth-order valence-corrected chi connectivity index (χ4v) is 3.33. The molecular weight excluding hydrogens is 340 g/mol. The maximum absolute atomic E-state index is 12.7. The summed E-state index contributed by atoms with van der Waals surface area (Å²) >= 11 is 1.16. The summed E-state index contributed by atoms with van der Waals surface area (Å²) in [5, 5.41) is 5.20. The minimum absolute atomic E-state index is 0.106. The smallest absolute Gasteiger partial charge is 0.321 e. The van der Waals surface area contributed by atoms with Crippen molar-refractivity contribution in [2.45, 2.75) is 44.1 Å². The molecule has 1 heterocycles. The number of nitrogens with zero attached hydrogens (tertiary/aromatic N) is 2. The van der Waals surface area contributed by atoms with Crippen LogP contribution in [0.25, 0.3) is 10.9 Å². The molecule has 0 aliphatic carbocycles. The molecule has 2 N–H and O–H groups in total. The Balaban J connectivity index is 2.33. The van der Waals surface area contributed by atoms with Crippen molar-refractivity contribution in [2.75, 3.05) is 6.54 Å². The second kappa shape index (κ2) is 8.15. The fourth-order valence-electron chi connectivity index (χ4n) is 2.29. The van der Waals surface area contributed by atoms with Crippen molar-refractivity contribution in [3.63, 3.8) is 0 Å². The lowest BCUT2D eigenvalue weighted by Crippen LogP contribution is -2.42. The third-order valence-electron chi connectivity index (χ3n) is 3.52. The molecule has 0 aliphatic rings. The van der Waals surface area contributed by atoms with Crippen LogP contribution in [0.5, 0.6) is 0 Å². The van der Waals surface area contributed by atoms with E-state index in [-0.39, 0.29) is 11.6 Å². The zero-order valence-electron chi connectivity index (χ0n) is 14.7. The highest BCUT2D eigenvalue weighted by Crippen LogP contribution is 2.24. The van der Waals surface area contributed by atoms with Crippen LogP contribution in [-0.4, -0.2) is 33.3 Å². The number of rotatable bonds is 5. The number of carbonyl (C=O) groups is 2. The van der Waals surface area contributed by atoms with Crippen LogP contribution in [0.3, 0.4) is 0 Å². The van der Waals surface area contributed by atoms with Gasteiger partial charge in [-0.05, 0) is 39.8 Å². The summed E-state index contributed by atoms with van der Waals surface area (Å²) in [6.07, 6.45) is 0. The van der Waals surface area contributed by atoms with E-state index in [1.165, 1.54) is 0 Å². The molecule has 2 aromatic rings. The minimum Gasteiger partial charge on any atom is -0.338 e. The van der Waals surface area contributed by atoms with Crippen LogP contribution in [0, 0.1) is 0 Å². The number of benzene rings is 1. The van der Waals surface area contributed by atoms with E-state index in [0.29, 0.717) is 22.6 Å². The summed E-state index contributed by atoms with van der Waals surface area (Å²) in [6, 6.07) is 6.48. The number of hydrogen-bond donors (Lipinski definition) is 2. The first-order valence-electron chi connectivity index (χ1n) is 8.11. The number of carbonyl (C=O) groups excluding carboxylic acids is 2. The molecule has 0 saturated carbocycles. The van der Waals surface area contributed by atoms with Gasteiger partial charge in [0, 0.05) is 12.6 Å². The lowest BCUT2D eigenvalue weighted by molar-refractivity contribution is -0.119. The Morgan fingerprint density at radius 3 is 2.56 bits per heavy atom. The van der Waals surface area contributed by atoms with E-state index in [0.717, 1.165) is 11.8 Å². The number of aromatic nitrogens is 2. The number of fused-ring (bicyclic) bond motifs is 1. The van der Waals surface area contributed by atoms with Crippen LogP contribution in [0.4, 0.5) is 4.79 Å². The molecule has 134 valence electrons. The van der Waals surface area contributed by atoms with Gasteiger partial charge >= 0.3 is 6.03 Å². The summed E-state index contributed by atoms with van der Waals surface area (Å²) in [5.74, 6) is -0.436. The SMILES string of the molecule is CCNC(=O)NC(=O)[C@@H](C)Sc1nc2ccccc2c(=O)n1C(C)C. The standard InChI is InChI=1S/C17H22N4O3S/c1-5-18-16(24)20-14(22)11(4)25-17-19-13-9-7-6-8-12(13)15(23)21(17)10(2)3/h6-11H,5H2,1-4H3,(H2,18,20,22,24)/t11-/m1/s1. The number of hydrogen-bond acceptors (Lipinski definition) is 5. The predicted molar refractivity (Wildman–Crippen MR) is 98.9 cm³/mol. The molecule has 7 nitrogen and oxygen atoms in total. The van der Waals surface area contributed by atoms with Gasteiger partial charge in [-0.2, -0.15) is 0 Å². The molecule has 0 bridgehead atoms. The van der Waals surface area contributed by atoms with Crippen molar-refractivity contribution in [1.29, 1.82) is 0 Å². The number of amides is 3. The van der Waals surface area contributed by atoms with Crippen LogP contribution >= 0.6 is 11.8 Å². The van der Waals surface area contributed by atoms with Gasteiger partial charge in [-0.3, -0.25) is 19.5 Å². The van der Waals surface area contributed by atoms with Gasteiger partial charge in [0.15, 0.2) is 5.16 Å². The Labute approximate surface area is 150 Å². The van der Waals surface area contributed by atoms with Gasteiger partial charge in [0.2, 0.25) is 5.91 Å². The highest BCUT2D eigenvalue weighted by molar-refractivity contribution is 8.00. The van der Waals surface area contributed by atoms with Crippen molar-refractivity contribution < 1.29 is 9.59 Å². The predicted octanol–water partition coefficient (Wildman–Crippen LogP) is 2.30. The molecule has 0 spiro atoms. The molecule has 0 aliphatic heterocycles. The lowest BCUT2D eigenvalue weighted by Gasteiger charge is -2.18. The Hall–Kier alpha value is -2.35. The number of urea groups is 1. The summed E-state index contributed by atoms with van der Waals surface area (Å²) in [4.78, 5) is 40.9. The van der Waals surface area contributed by atoms with Crippen molar-refractivity contribution in [3.8, 4) is 0 Å². The average Bonchev–Trinajstić information content (AvgIpc) is 2.54. The number of nitrogens with one attached hydrogen (secondary N) is 2. The van der Waals surface area contributed by atoms with Gasteiger partial charge in [-0.25, -0.2) is 9.78 Å². The quantitative estimate of drug-likeness (QED) is 0.629. The van der Waals surface area contributed by atoms with Crippen LogP contribution < -0.4 is 16.2 Å². The van der Waals surface area contributed by atoms with Crippen molar-refractivity contribution in [3.05, 3.63) is 34.6 Å². The fraction of sp³-hybridized carbons (Fsp3) is 0.412. The Kier molecular flexibility index (Phi) is 6.19. The van der Waals surface area contributed by atoms with Gasteiger partial charge in [0.05, 0.1) is 16.2 Å². The third kappa shape index (κ3) is 4.39. The summed E-state index contributed by atoms with van der Waals surface area (Å²) in [5.41, 5.74) is 0.447. The van der Waals surface area contributed by atoms with Crippen molar-refractivity contribution in [2.24, 2.45) is 0 Å². The second-order valence-corrected chi connectivity index (χ2v) is 7.10. The van der Waals surface area contributed by atoms with Crippen LogP contribution in [0.1, 0.15) is 33.7 Å². The van der Waals surface area contributed by atoms with E-state index in [1.54, 1.807) is 36.6 Å². The summed E-state index contributed by atoms with van der Waals surface area (Å²) in [6.45, 7) is 7.65. The van der Waals surface area contributed by atoms with Gasteiger partial charge in [0.1, 0.15) is 0 Å². The van der Waals surface area contributed by atoms with E-state index >= 15 is 0 Å². The maximum Gasteiger partial charge on any atom is 0.321 e. The molecule has 3 amide bonds. The Morgan fingerprint density at radius 1 is 1.24 bits per heavy atom. The molecule has 0 unspecified atom stereocenters. The first-order valence-corrected chi connectivity index (χ1v) is 8.99. The molecule has 0 saturated heterocycles. The molecule has 1 aromatic heterocycles. The first-order chi connectivity index (χ1) is 11.8. The third-order valence-corrected chi connectivity index (χ3v) is 4.58. The van der Waals surface area contributed by atoms with Gasteiger partial charge in [0.25, 0.3) is 5.56 Å². The van der Waals surface area contributed by atoms with E-state index < -0.39 is 17.2 Å². The minimum atomic E-state index is -0.583. The average molecular weight is 362 g/mol. The van der Waals surface area contributed by atoms with Gasteiger partial charge in [-0.1, -0.05) is 23.9 Å². The van der Waals surface area contributed by atoms with Crippen LogP contribution in [0.15, 0.2) is 34.2 Å². The Bertz CT molecular complexity index is 847. The molecule has 8 heteroatoms. The second-order valence-electron chi connectivity index (χ2n) is 5.79. The number of imide groups is 1. The summed E-state index contributed by atoms with van der Waals surface area (Å²) in [7, 11) is 0. The highest BCUT2D eigenvalue weighted by Gasteiger charge is 2.21. The first kappa shape index (κ1) is 19.0. The lowest BCUT2D eigenvalue weighted by atomic mass is 10.2. The molecule has 2 rings (SSSR count). The maximum atomic E-state index is 12.7. The highest BCUT2D eigenvalue weighted by atomic mass is 32.2. The van der Waals surface area contributed by atoms with E-state index in [4.69, 9.17) is 0 Å².